The number of thioether (sulfide) groups is 1. The van der Waals surface area contributed by atoms with Crippen LogP contribution in [0, 0.1) is 0 Å². The molecule has 0 atom stereocenters. The maximum Gasteiger partial charge on any atom is -0.000472 e. The van der Waals surface area contributed by atoms with E-state index in [-0.39, 0.29) is 0 Å². The Balaban J connectivity index is 2.76. The van der Waals surface area contributed by atoms with Crippen LogP contribution in [0.25, 0.3) is 0 Å². The van der Waals surface area contributed by atoms with Crippen molar-refractivity contribution in [2.24, 2.45) is 0 Å². The monoisotopic (exact) mass is 315 g/mol. The molecule has 0 aromatic carbocycles. The number of unbranched alkanes of at least 4 members (excludes halogenated alkanes) is 2. The summed E-state index contributed by atoms with van der Waals surface area (Å²) in [5.74, 6) is 2.58. The van der Waals surface area contributed by atoms with E-state index in [4.69, 9.17) is 0 Å². The van der Waals surface area contributed by atoms with Crippen LogP contribution in [0.3, 0.4) is 0 Å². The minimum atomic E-state index is 1.21. The van der Waals surface area contributed by atoms with Gasteiger partial charge in [-0.2, -0.15) is 11.8 Å². The van der Waals surface area contributed by atoms with Crippen molar-refractivity contribution in [3.05, 3.63) is 0 Å². The Morgan fingerprint density at radius 3 is 2.54 bits per heavy atom. The number of rotatable bonds is 10. The highest BCUT2D eigenvalue weighted by Gasteiger charge is 1.89. The third-order valence-electron chi connectivity index (χ3n) is 1.83. The van der Waals surface area contributed by atoms with Crippen LogP contribution in [-0.2, 0) is 0 Å². The van der Waals surface area contributed by atoms with Gasteiger partial charge < -0.3 is 5.32 Å². The first-order valence-electron chi connectivity index (χ1n) is 5.26. The highest BCUT2D eigenvalue weighted by atomic mass is 127. The van der Waals surface area contributed by atoms with Gasteiger partial charge in [-0.15, -0.1) is 0 Å². The van der Waals surface area contributed by atoms with Crippen molar-refractivity contribution >= 4 is 34.4 Å². The zero-order chi connectivity index (χ0) is 9.78. The van der Waals surface area contributed by atoms with Crippen LogP contribution in [0.4, 0.5) is 0 Å². The van der Waals surface area contributed by atoms with Gasteiger partial charge in [0.2, 0.25) is 0 Å². The molecule has 0 aliphatic rings. The molecule has 0 unspecified atom stereocenters. The summed E-state index contributed by atoms with van der Waals surface area (Å²) in [7, 11) is 0. The molecule has 13 heavy (non-hydrogen) atoms. The summed E-state index contributed by atoms with van der Waals surface area (Å²) >= 11 is 4.49. The van der Waals surface area contributed by atoms with E-state index in [1.54, 1.807) is 0 Å². The molecule has 1 nitrogen and oxygen atoms in total. The van der Waals surface area contributed by atoms with Crippen molar-refractivity contribution in [2.75, 3.05) is 29.0 Å². The summed E-state index contributed by atoms with van der Waals surface area (Å²) in [6, 6.07) is 0. The van der Waals surface area contributed by atoms with Crippen LogP contribution in [0.1, 0.15) is 32.6 Å². The first-order valence-corrected chi connectivity index (χ1v) is 7.94. The van der Waals surface area contributed by atoms with Gasteiger partial charge in [0.15, 0.2) is 0 Å². The minimum absolute atomic E-state index is 1.21. The molecule has 0 saturated heterocycles. The van der Waals surface area contributed by atoms with Crippen molar-refractivity contribution in [2.45, 2.75) is 32.6 Å². The van der Waals surface area contributed by atoms with Crippen molar-refractivity contribution in [1.29, 1.82) is 0 Å². The molecular weight excluding hydrogens is 293 g/mol. The fraction of sp³-hybridized carbons (Fsp3) is 1.00. The summed E-state index contributed by atoms with van der Waals surface area (Å²) < 4.78 is 1.31. The van der Waals surface area contributed by atoms with Gasteiger partial charge in [-0.05, 0) is 48.3 Å². The van der Waals surface area contributed by atoms with Crippen LogP contribution >= 0.6 is 34.4 Å². The van der Waals surface area contributed by atoms with Gasteiger partial charge in [0.05, 0.1) is 0 Å². The molecule has 0 fully saturated rings. The van der Waals surface area contributed by atoms with E-state index in [0.29, 0.717) is 0 Å². The molecule has 0 aromatic heterocycles. The highest BCUT2D eigenvalue weighted by molar-refractivity contribution is 14.1. The second kappa shape index (κ2) is 13.0. The van der Waals surface area contributed by atoms with Crippen molar-refractivity contribution < 1.29 is 0 Å². The maximum absolute atomic E-state index is 3.49. The standard InChI is InChI=1S/C10H22INS/c1-2-13-10-6-9-12-8-5-3-4-7-11/h12H,2-10H2,1H3. The molecule has 0 spiro atoms. The zero-order valence-corrected chi connectivity index (χ0v) is 11.6. The van der Waals surface area contributed by atoms with Crippen LogP contribution in [0.5, 0.6) is 0 Å². The summed E-state index contributed by atoms with van der Waals surface area (Å²) in [6.07, 6.45) is 5.45. The molecule has 0 radical (unpaired) electrons. The Hall–Kier alpha value is 1.04. The summed E-state index contributed by atoms with van der Waals surface area (Å²) in [6.45, 7) is 4.65. The lowest BCUT2D eigenvalue weighted by molar-refractivity contribution is 0.616. The van der Waals surface area contributed by atoms with Gasteiger partial charge in [-0.25, -0.2) is 0 Å². The Bertz CT molecular complexity index is 81.0. The highest BCUT2D eigenvalue weighted by Crippen LogP contribution is 2.00. The van der Waals surface area contributed by atoms with Gasteiger partial charge in [-0.3, -0.25) is 0 Å². The number of alkyl halides is 1. The molecule has 1 N–H and O–H groups in total. The second-order valence-corrected chi connectivity index (χ2v) is 5.52. The summed E-state index contributed by atoms with van der Waals surface area (Å²) in [4.78, 5) is 0. The van der Waals surface area contributed by atoms with Crippen molar-refractivity contribution in [1.82, 2.24) is 5.32 Å². The molecule has 0 saturated carbocycles. The Morgan fingerprint density at radius 1 is 1.08 bits per heavy atom. The molecule has 0 rings (SSSR count). The fourth-order valence-corrected chi connectivity index (χ4v) is 2.27. The number of hydrogen-bond acceptors (Lipinski definition) is 2. The van der Waals surface area contributed by atoms with E-state index >= 15 is 0 Å². The number of hydrogen-bond donors (Lipinski definition) is 1. The van der Waals surface area contributed by atoms with Gasteiger partial charge in [-0.1, -0.05) is 35.9 Å². The molecule has 0 aromatic rings. The first-order chi connectivity index (χ1) is 6.41. The zero-order valence-electron chi connectivity index (χ0n) is 8.65. The SMILES string of the molecule is CCSCCCNCCCCCI. The van der Waals surface area contributed by atoms with Gasteiger partial charge >= 0.3 is 0 Å². The molecular formula is C10H22INS. The van der Waals surface area contributed by atoms with Gasteiger partial charge in [0.1, 0.15) is 0 Å². The molecule has 0 amide bonds. The van der Waals surface area contributed by atoms with Gasteiger partial charge in [0.25, 0.3) is 0 Å². The average molecular weight is 315 g/mol. The van der Waals surface area contributed by atoms with Crippen LogP contribution in [0.15, 0.2) is 0 Å². The Morgan fingerprint density at radius 2 is 1.85 bits per heavy atom. The fourth-order valence-electron chi connectivity index (χ4n) is 1.09. The molecule has 0 bridgehead atoms. The lowest BCUT2D eigenvalue weighted by Crippen LogP contribution is -2.17. The first kappa shape index (κ1) is 14.0. The molecule has 0 aliphatic heterocycles. The third-order valence-corrected chi connectivity index (χ3v) is 3.58. The predicted octanol–water partition coefficient (Wildman–Crippen LogP) is 3.32. The van der Waals surface area contributed by atoms with E-state index in [1.165, 1.54) is 54.7 Å². The summed E-state index contributed by atoms with van der Waals surface area (Å²) in [5.41, 5.74) is 0. The van der Waals surface area contributed by atoms with Crippen LogP contribution in [0.2, 0.25) is 0 Å². The quantitative estimate of drug-likeness (QED) is 0.377. The minimum Gasteiger partial charge on any atom is -0.317 e. The predicted molar refractivity (Wildman–Crippen MR) is 73.2 cm³/mol. The Labute approximate surface area is 101 Å². The van der Waals surface area contributed by atoms with E-state index in [0.717, 1.165) is 0 Å². The summed E-state index contributed by atoms with van der Waals surface area (Å²) in [5, 5.41) is 3.49. The van der Waals surface area contributed by atoms with Crippen LogP contribution < -0.4 is 5.32 Å². The Kier molecular flexibility index (Phi) is 14.1. The molecule has 0 heterocycles. The van der Waals surface area contributed by atoms with Crippen molar-refractivity contribution in [3.8, 4) is 0 Å². The molecule has 80 valence electrons. The largest absolute Gasteiger partial charge is 0.317 e. The molecule has 3 heteroatoms. The molecule has 0 aliphatic carbocycles. The van der Waals surface area contributed by atoms with Crippen LogP contribution in [-0.4, -0.2) is 29.0 Å². The average Bonchev–Trinajstić information content (AvgIpc) is 2.16. The van der Waals surface area contributed by atoms with Crippen molar-refractivity contribution in [3.63, 3.8) is 0 Å². The van der Waals surface area contributed by atoms with E-state index < -0.39 is 0 Å². The lowest BCUT2D eigenvalue weighted by atomic mass is 10.2. The number of halogens is 1. The normalized spacial score (nSPS) is 10.6. The smallest absolute Gasteiger partial charge is 0.000472 e. The topological polar surface area (TPSA) is 12.0 Å². The third kappa shape index (κ3) is 13.0. The van der Waals surface area contributed by atoms with E-state index in [2.05, 4.69) is 34.8 Å². The maximum atomic E-state index is 3.49. The van der Waals surface area contributed by atoms with E-state index in [9.17, 15) is 0 Å². The lowest BCUT2D eigenvalue weighted by Gasteiger charge is -2.03. The van der Waals surface area contributed by atoms with E-state index in [1.807, 2.05) is 11.8 Å². The number of nitrogens with one attached hydrogen (secondary N) is 1. The second-order valence-electron chi connectivity index (χ2n) is 3.05. The van der Waals surface area contributed by atoms with Gasteiger partial charge in [0, 0.05) is 0 Å².